The third-order valence-corrected chi connectivity index (χ3v) is 3.16. The van der Waals surface area contributed by atoms with Gasteiger partial charge in [-0.15, -0.1) is 0 Å². The molecule has 1 fully saturated rings. The number of hydrogen-bond donors (Lipinski definition) is 3. The maximum atomic E-state index is 10.7. The van der Waals surface area contributed by atoms with Gasteiger partial charge in [0.15, 0.2) is 5.50 Å². The SMILES string of the molecule is NC(N1CCN(C(=O)O)CC1)S(=O)(=O)O. The van der Waals surface area contributed by atoms with E-state index >= 15 is 0 Å². The Hall–Kier alpha value is -0.900. The van der Waals surface area contributed by atoms with Crippen LogP contribution in [0.15, 0.2) is 0 Å². The summed E-state index contributed by atoms with van der Waals surface area (Å²) in [4.78, 5) is 13.0. The van der Waals surface area contributed by atoms with Crippen LogP contribution < -0.4 is 5.73 Å². The third kappa shape index (κ3) is 3.02. The molecule has 1 heterocycles. The van der Waals surface area contributed by atoms with E-state index in [9.17, 15) is 13.2 Å². The van der Waals surface area contributed by atoms with Gasteiger partial charge >= 0.3 is 6.09 Å². The number of amides is 1. The molecular formula is C6H13N3O5S. The van der Waals surface area contributed by atoms with Crippen LogP contribution in [0, 0.1) is 0 Å². The van der Waals surface area contributed by atoms with Crippen molar-refractivity contribution in [1.29, 1.82) is 0 Å². The second-order valence-corrected chi connectivity index (χ2v) is 4.72. The molecule has 0 aromatic heterocycles. The summed E-state index contributed by atoms with van der Waals surface area (Å²) in [6.45, 7) is 0.734. The molecule has 88 valence electrons. The number of carbonyl (C=O) groups is 1. The molecule has 8 nitrogen and oxygen atoms in total. The Morgan fingerprint density at radius 1 is 1.27 bits per heavy atom. The first-order valence-electron chi connectivity index (χ1n) is 4.26. The molecule has 1 unspecified atom stereocenters. The minimum atomic E-state index is -4.30. The molecule has 1 saturated heterocycles. The molecular weight excluding hydrogens is 226 g/mol. The van der Waals surface area contributed by atoms with E-state index in [1.165, 1.54) is 4.90 Å². The van der Waals surface area contributed by atoms with Crippen molar-refractivity contribution in [2.75, 3.05) is 26.2 Å². The van der Waals surface area contributed by atoms with Crippen LogP contribution >= 0.6 is 0 Å². The average Bonchev–Trinajstić information content (AvgIpc) is 2.15. The van der Waals surface area contributed by atoms with Crippen molar-refractivity contribution in [3.8, 4) is 0 Å². The summed E-state index contributed by atoms with van der Waals surface area (Å²) in [5.74, 6) is 0. The number of nitrogens with zero attached hydrogens (tertiary/aromatic N) is 2. The summed E-state index contributed by atoms with van der Waals surface area (Å²) in [6, 6.07) is 0. The van der Waals surface area contributed by atoms with Crippen LogP contribution in [0.5, 0.6) is 0 Å². The van der Waals surface area contributed by atoms with Gasteiger partial charge in [-0.25, -0.2) is 4.79 Å². The lowest BCUT2D eigenvalue weighted by atomic mass is 10.3. The van der Waals surface area contributed by atoms with Crippen molar-refractivity contribution < 1.29 is 22.9 Å². The topological polar surface area (TPSA) is 124 Å². The lowest BCUT2D eigenvalue weighted by Gasteiger charge is -2.34. The summed E-state index contributed by atoms with van der Waals surface area (Å²) >= 11 is 0. The van der Waals surface area contributed by atoms with Crippen LogP contribution in [0.1, 0.15) is 0 Å². The molecule has 0 aromatic rings. The number of piperazine rings is 1. The molecule has 1 rings (SSSR count). The van der Waals surface area contributed by atoms with Crippen LogP contribution in [0.25, 0.3) is 0 Å². The first-order valence-corrected chi connectivity index (χ1v) is 5.76. The fourth-order valence-corrected chi connectivity index (χ4v) is 1.94. The highest BCUT2D eigenvalue weighted by atomic mass is 32.2. The molecule has 1 amide bonds. The maximum Gasteiger partial charge on any atom is 0.407 e. The Labute approximate surface area is 87.0 Å². The summed E-state index contributed by atoms with van der Waals surface area (Å²) in [5, 5.41) is 8.63. The van der Waals surface area contributed by atoms with Crippen LogP contribution in [-0.2, 0) is 10.1 Å². The Kier molecular flexibility index (Phi) is 3.50. The van der Waals surface area contributed by atoms with Crippen molar-refractivity contribution in [2.24, 2.45) is 5.73 Å². The van der Waals surface area contributed by atoms with Gasteiger partial charge in [0, 0.05) is 26.2 Å². The summed E-state index contributed by atoms with van der Waals surface area (Å²) in [7, 11) is -4.30. The molecule has 1 atom stereocenters. The second kappa shape index (κ2) is 4.31. The summed E-state index contributed by atoms with van der Waals surface area (Å²) in [6.07, 6.45) is -1.05. The molecule has 0 aromatic carbocycles. The van der Waals surface area contributed by atoms with E-state index in [0.29, 0.717) is 0 Å². The Morgan fingerprint density at radius 2 is 1.73 bits per heavy atom. The van der Waals surface area contributed by atoms with Crippen LogP contribution in [0.3, 0.4) is 0 Å². The van der Waals surface area contributed by atoms with Gasteiger partial charge in [0.25, 0.3) is 10.1 Å². The normalized spacial score (nSPS) is 21.3. The van der Waals surface area contributed by atoms with Crippen molar-refractivity contribution in [3.63, 3.8) is 0 Å². The van der Waals surface area contributed by atoms with Gasteiger partial charge in [-0.1, -0.05) is 0 Å². The molecule has 4 N–H and O–H groups in total. The second-order valence-electron chi connectivity index (χ2n) is 3.21. The number of hydrogen-bond acceptors (Lipinski definition) is 5. The lowest BCUT2D eigenvalue weighted by molar-refractivity contribution is 0.0991. The van der Waals surface area contributed by atoms with Crippen molar-refractivity contribution in [2.45, 2.75) is 5.50 Å². The van der Waals surface area contributed by atoms with Gasteiger partial charge < -0.3 is 15.7 Å². The molecule has 1 aliphatic heterocycles. The van der Waals surface area contributed by atoms with Gasteiger partial charge in [-0.3, -0.25) is 9.45 Å². The van der Waals surface area contributed by atoms with Crippen LogP contribution in [0.4, 0.5) is 4.79 Å². The highest BCUT2D eigenvalue weighted by Crippen LogP contribution is 2.06. The highest BCUT2D eigenvalue weighted by Gasteiger charge is 2.30. The average molecular weight is 239 g/mol. The zero-order chi connectivity index (χ0) is 11.6. The Morgan fingerprint density at radius 3 is 2.07 bits per heavy atom. The number of carboxylic acid groups (broad SMARTS) is 1. The predicted molar refractivity (Wildman–Crippen MR) is 50.7 cm³/mol. The standard InChI is InChI=1S/C6H13N3O5S/c7-5(15(12,13)14)8-1-3-9(4-2-8)6(10)11/h5H,1-4,7H2,(H,10,11)(H,12,13,14). The van der Waals surface area contributed by atoms with Gasteiger partial charge in [0.1, 0.15) is 0 Å². The van der Waals surface area contributed by atoms with E-state index in [2.05, 4.69) is 0 Å². The Bertz CT molecular complexity index is 335. The molecule has 1 aliphatic rings. The lowest BCUT2D eigenvalue weighted by Crippen LogP contribution is -2.56. The van der Waals surface area contributed by atoms with E-state index in [1.54, 1.807) is 0 Å². The predicted octanol–water partition coefficient (Wildman–Crippen LogP) is -1.59. The summed E-state index contributed by atoms with van der Waals surface area (Å²) in [5.41, 5.74) is 3.79. The van der Waals surface area contributed by atoms with E-state index in [-0.39, 0.29) is 26.2 Å². The van der Waals surface area contributed by atoms with Crippen molar-refractivity contribution in [1.82, 2.24) is 9.80 Å². The van der Waals surface area contributed by atoms with Crippen molar-refractivity contribution >= 4 is 16.2 Å². The van der Waals surface area contributed by atoms with Gasteiger partial charge in [-0.2, -0.15) is 8.42 Å². The van der Waals surface area contributed by atoms with Gasteiger partial charge in [0.05, 0.1) is 0 Å². The quantitative estimate of drug-likeness (QED) is 0.496. The molecule has 15 heavy (non-hydrogen) atoms. The first kappa shape index (κ1) is 12.2. The molecule has 0 aliphatic carbocycles. The van der Waals surface area contributed by atoms with Gasteiger partial charge in [0.2, 0.25) is 0 Å². The molecule has 0 saturated carbocycles. The number of nitrogens with two attached hydrogens (primary N) is 1. The fourth-order valence-electron chi connectivity index (χ4n) is 1.36. The minimum Gasteiger partial charge on any atom is -0.465 e. The van der Waals surface area contributed by atoms with E-state index in [1.807, 2.05) is 0 Å². The first-order chi connectivity index (χ1) is 6.82. The van der Waals surface area contributed by atoms with Crippen molar-refractivity contribution in [3.05, 3.63) is 0 Å². The molecule has 9 heteroatoms. The zero-order valence-corrected chi connectivity index (χ0v) is 8.72. The maximum absolute atomic E-state index is 10.7. The Balaban J connectivity index is 2.55. The van der Waals surface area contributed by atoms with Gasteiger partial charge in [-0.05, 0) is 0 Å². The third-order valence-electron chi connectivity index (χ3n) is 2.25. The van der Waals surface area contributed by atoms with E-state index in [0.717, 1.165) is 4.90 Å². The zero-order valence-electron chi connectivity index (χ0n) is 7.90. The molecule has 0 bridgehead atoms. The van der Waals surface area contributed by atoms with E-state index in [4.69, 9.17) is 15.4 Å². The van der Waals surface area contributed by atoms with Crippen LogP contribution in [0.2, 0.25) is 0 Å². The van der Waals surface area contributed by atoms with E-state index < -0.39 is 21.7 Å². The largest absolute Gasteiger partial charge is 0.465 e. The monoisotopic (exact) mass is 239 g/mol. The van der Waals surface area contributed by atoms with Crippen LogP contribution in [-0.4, -0.2) is 65.6 Å². The summed E-state index contributed by atoms with van der Waals surface area (Å²) < 4.78 is 30.1. The molecule has 0 radical (unpaired) electrons. The molecule has 0 spiro atoms. The highest BCUT2D eigenvalue weighted by molar-refractivity contribution is 7.86. The minimum absolute atomic E-state index is 0.179. The smallest absolute Gasteiger partial charge is 0.407 e. The number of rotatable bonds is 2. The fraction of sp³-hybridized carbons (Fsp3) is 0.833.